The fraction of sp³-hybridized carbons (Fsp3) is 0.556. The number of carbonyl (C=O) groups is 2. The van der Waals surface area contributed by atoms with E-state index >= 15 is 0 Å². The summed E-state index contributed by atoms with van der Waals surface area (Å²) in [6.45, 7) is 7.57. The van der Waals surface area contributed by atoms with Crippen molar-refractivity contribution in [3.05, 3.63) is 29.8 Å². The highest BCUT2D eigenvalue weighted by atomic mass is 16.5. The number of aliphatic carboxylic acids is 1. The minimum absolute atomic E-state index is 0.0198. The van der Waals surface area contributed by atoms with E-state index in [1.807, 2.05) is 45.0 Å². The van der Waals surface area contributed by atoms with Crippen molar-refractivity contribution in [3.63, 3.8) is 0 Å². The van der Waals surface area contributed by atoms with Gasteiger partial charge >= 0.3 is 5.97 Å². The van der Waals surface area contributed by atoms with Gasteiger partial charge in [0, 0.05) is 12.0 Å². The van der Waals surface area contributed by atoms with Gasteiger partial charge in [-0.1, -0.05) is 32.9 Å². The molecule has 1 aromatic carbocycles. The number of ether oxygens (including phenoxy) is 1. The zero-order valence-electron chi connectivity index (χ0n) is 14.6. The second-order valence-electron chi connectivity index (χ2n) is 6.57. The van der Waals surface area contributed by atoms with E-state index in [9.17, 15) is 9.59 Å². The molecule has 0 aromatic heterocycles. The lowest BCUT2D eigenvalue weighted by molar-refractivity contribution is -0.139. The normalized spacial score (nSPS) is 14.9. The molecule has 2 atom stereocenters. The first-order chi connectivity index (χ1) is 10.7. The van der Waals surface area contributed by atoms with Gasteiger partial charge in [-0.25, -0.2) is 0 Å². The molecule has 23 heavy (non-hydrogen) atoms. The van der Waals surface area contributed by atoms with E-state index in [1.54, 1.807) is 14.0 Å². The molecule has 0 radical (unpaired) electrons. The van der Waals surface area contributed by atoms with Crippen molar-refractivity contribution in [1.82, 2.24) is 5.32 Å². The molecule has 0 fully saturated rings. The number of hydrogen-bond donors (Lipinski definition) is 2. The molecule has 2 N–H and O–H groups in total. The third kappa shape index (κ3) is 5.58. The van der Waals surface area contributed by atoms with E-state index in [0.717, 1.165) is 11.3 Å². The van der Waals surface area contributed by atoms with Gasteiger partial charge in [0.05, 0.1) is 13.5 Å². The number of amides is 1. The van der Waals surface area contributed by atoms with Crippen LogP contribution in [0.5, 0.6) is 5.75 Å². The molecule has 0 heterocycles. The van der Waals surface area contributed by atoms with Gasteiger partial charge in [-0.2, -0.15) is 0 Å². The molecule has 2 unspecified atom stereocenters. The monoisotopic (exact) mass is 321 g/mol. The Balaban J connectivity index is 2.75. The van der Waals surface area contributed by atoms with Crippen molar-refractivity contribution in [2.24, 2.45) is 5.92 Å². The fourth-order valence-corrected chi connectivity index (χ4v) is 2.42. The van der Waals surface area contributed by atoms with E-state index in [-0.39, 0.29) is 24.2 Å². The number of nitrogens with one attached hydrogen (secondary N) is 1. The molecule has 1 amide bonds. The van der Waals surface area contributed by atoms with Crippen molar-refractivity contribution in [3.8, 4) is 5.75 Å². The van der Waals surface area contributed by atoms with E-state index in [1.165, 1.54) is 0 Å². The molecule has 1 rings (SSSR count). The summed E-state index contributed by atoms with van der Waals surface area (Å²) in [5.74, 6) is -0.256. The fourth-order valence-electron chi connectivity index (χ4n) is 2.42. The van der Waals surface area contributed by atoms with Crippen molar-refractivity contribution < 1.29 is 19.4 Å². The van der Waals surface area contributed by atoms with Crippen LogP contribution < -0.4 is 10.1 Å². The van der Waals surface area contributed by atoms with Crippen LogP contribution in [-0.4, -0.2) is 29.6 Å². The molecule has 5 heteroatoms. The molecule has 0 spiro atoms. The Bertz CT molecular complexity index is 556. The quantitative estimate of drug-likeness (QED) is 0.771. The maximum absolute atomic E-state index is 12.3. The largest absolute Gasteiger partial charge is 0.497 e. The molecular formula is C18H27NO4. The predicted molar refractivity (Wildman–Crippen MR) is 89.7 cm³/mol. The average molecular weight is 321 g/mol. The topological polar surface area (TPSA) is 75.6 Å². The summed E-state index contributed by atoms with van der Waals surface area (Å²) in [6, 6.07) is 7.63. The number of benzene rings is 1. The van der Waals surface area contributed by atoms with E-state index in [2.05, 4.69) is 5.32 Å². The highest BCUT2D eigenvalue weighted by Gasteiger charge is 2.33. The molecule has 128 valence electrons. The van der Waals surface area contributed by atoms with Gasteiger partial charge in [0.15, 0.2) is 0 Å². The number of hydrogen-bond acceptors (Lipinski definition) is 3. The zero-order valence-corrected chi connectivity index (χ0v) is 14.6. The summed E-state index contributed by atoms with van der Waals surface area (Å²) in [7, 11) is 1.61. The highest BCUT2D eigenvalue weighted by molar-refractivity contribution is 5.79. The van der Waals surface area contributed by atoms with Crippen LogP contribution >= 0.6 is 0 Å². The minimum atomic E-state index is -0.914. The van der Waals surface area contributed by atoms with Crippen molar-refractivity contribution >= 4 is 11.9 Å². The third-order valence-corrected chi connectivity index (χ3v) is 4.37. The molecule has 5 nitrogen and oxygen atoms in total. The van der Waals surface area contributed by atoms with Crippen molar-refractivity contribution in [2.45, 2.75) is 52.0 Å². The van der Waals surface area contributed by atoms with Crippen LogP contribution in [0.1, 0.15) is 52.0 Å². The van der Waals surface area contributed by atoms with Crippen LogP contribution in [-0.2, 0) is 9.59 Å². The smallest absolute Gasteiger partial charge is 0.305 e. The van der Waals surface area contributed by atoms with Gasteiger partial charge in [0.1, 0.15) is 5.75 Å². The van der Waals surface area contributed by atoms with E-state index in [0.29, 0.717) is 6.42 Å². The highest BCUT2D eigenvalue weighted by Crippen LogP contribution is 2.25. The van der Waals surface area contributed by atoms with Crippen LogP contribution in [0, 0.1) is 5.92 Å². The first-order valence-electron chi connectivity index (χ1n) is 7.84. The van der Waals surface area contributed by atoms with E-state index in [4.69, 9.17) is 9.84 Å². The zero-order chi connectivity index (χ0) is 17.6. The Labute approximate surface area is 138 Å². The summed E-state index contributed by atoms with van der Waals surface area (Å²) >= 11 is 0. The Hall–Kier alpha value is -2.04. The van der Waals surface area contributed by atoms with E-state index < -0.39 is 11.5 Å². The molecule has 0 bridgehead atoms. The summed E-state index contributed by atoms with van der Waals surface area (Å²) in [6.07, 6.45) is 0.207. The first kappa shape index (κ1) is 19.0. The molecule has 0 saturated carbocycles. The molecule has 0 aliphatic rings. The minimum Gasteiger partial charge on any atom is -0.497 e. The molecule has 1 aromatic rings. The summed E-state index contributed by atoms with van der Waals surface area (Å²) in [5.41, 5.74) is 0.265. The number of carbonyl (C=O) groups excluding carboxylic acids is 1. The van der Waals surface area contributed by atoms with Crippen molar-refractivity contribution in [1.29, 1.82) is 0 Å². The van der Waals surface area contributed by atoms with Gasteiger partial charge in [0.2, 0.25) is 5.91 Å². The average Bonchev–Trinajstić information content (AvgIpc) is 2.45. The number of methoxy groups -OCH3 is 1. The Morgan fingerprint density at radius 3 is 2.48 bits per heavy atom. The molecule has 0 saturated heterocycles. The van der Waals surface area contributed by atoms with Gasteiger partial charge < -0.3 is 15.2 Å². The van der Waals surface area contributed by atoms with Crippen LogP contribution in [0.3, 0.4) is 0 Å². The Morgan fingerprint density at radius 2 is 1.96 bits per heavy atom. The van der Waals surface area contributed by atoms with Crippen LogP contribution in [0.4, 0.5) is 0 Å². The molecular weight excluding hydrogens is 294 g/mol. The molecule has 0 aliphatic carbocycles. The van der Waals surface area contributed by atoms with Crippen LogP contribution in [0.2, 0.25) is 0 Å². The Kier molecular flexibility index (Phi) is 6.61. The number of carboxylic acids is 1. The van der Waals surface area contributed by atoms with Crippen molar-refractivity contribution in [2.75, 3.05) is 7.11 Å². The SMILES string of the molecule is COc1cccc(C(C)CC(=O)NC(C)(CC(=O)O)C(C)C)c1. The lowest BCUT2D eigenvalue weighted by Gasteiger charge is -2.34. The summed E-state index contributed by atoms with van der Waals surface area (Å²) in [4.78, 5) is 23.4. The molecule has 0 aliphatic heterocycles. The lowest BCUT2D eigenvalue weighted by atomic mass is 9.84. The lowest BCUT2D eigenvalue weighted by Crippen LogP contribution is -2.51. The maximum Gasteiger partial charge on any atom is 0.305 e. The van der Waals surface area contributed by atoms with Gasteiger partial charge in [-0.05, 0) is 36.5 Å². The second kappa shape index (κ2) is 7.99. The maximum atomic E-state index is 12.3. The summed E-state index contributed by atoms with van der Waals surface area (Å²) in [5, 5.41) is 12.0. The number of rotatable bonds is 8. The second-order valence-corrected chi connectivity index (χ2v) is 6.57. The van der Waals surface area contributed by atoms with Crippen LogP contribution in [0.15, 0.2) is 24.3 Å². The first-order valence-corrected chi connectivity index (χ1v) is 7.84. The Morgan fingerprint density at radius 1 is 1.30 bits per heavy atom. The standard InChI is InChI=1S/C18H27NO4/c1-12(2)18(4,11-17(21)22)19-16(20)9-13(3)14-7-6-8-15(10-14)23-5/h6-8,10,12-13H,9,11H2,1-5H3,(H,19,20)(H,21,22). The predicted octanol–water partition coefficient (Wildman–Crippen LogP) is 3.19. The summed E-state index contributed by atoms with van der Waals surface area (Å²) < 4.78 is 5.20. The number of carboxylic acid groups (broad SMARTS) is 1. The van der Waals surface area contributed by atoms with Gasteiger partial charge in [0.25, 0.3) is 0 Å². The van der Waals surface area contributed by atoms with Gasteiger partial charge in [-0.3, -0.25) is 9.59 Å². The third-order valence-electron chi connectivity index (χ3n) is 4.37. The van der Waals surface area contributed by atoms with Gasteiger partial charge in [-0.15, -0.1) is 0 Å². The van der Waals surface area contributed by atoms with Crippen LogP contribution in [0.25, 0.3) is 0 Å².